The summed E-state index contributed by atoms with van der Waals surface area (Å²) in [7, 11) is 0. The third-order valence-corrected chi connectivity index (χ3v) is 4.14. The summed E-state index contributed by atoms with van der Waals surface area (Å²) in [5.74, 6) is -1.22. The van der Waals surface area contributed by atoms with Gasteiger partial charge in [0.1, 0.15) is 0 Å². The molecule has 2 aliphatic rings. The Morgan fingerprint density at radius 3 is 2.50 bits per heavy atom. The van der Waals surface area contributed by atoms with Gasteiger partial charge in [0.05, 0.1) is 6.61 Å². The molecule has 2 amide bonds. The van der Waals surface area contributed by atoms with Crippen molar-refractivity contribution in [1.29, 1.82) is 0 Å². The van der Waals surface area contributed by atoms with E-state index in [4.69, 9.17) is 10.2 Å². The molecule has 2 rings (SSSR count). The lowest BCUT2D eigenvalue weighted by molar-refractivity contribution is -0.140. The van der Waals surface area contributed by atoms with Crippen molar-refractivity contribution in [2.24, 2.45) is 0 Å². The number of carboxylic acids is 1. The van der Waals surface area contributed by atoms with Crippen LogP contribution >= 0.6 is 0 Å². The molecule has 7 heteroatoms. The quantitative estimate of drug-likeness (QED) is 0.659. The highest BCUT2D eigenvalue weighted by atomic mass is 16.4. The number of likely N-dealkylation sites (tertiary alicyclic amines) is 2. The van der Waals surface area contributed by atoms with Crippen LogP contribution in [0.25, 0.3) is 0 Å². The first-order chi connectivity index (χ1) is 9.61. The fourth-order valence-electron chi connectivity index (χ4n) is 2.93. The van der Waals surface area contributed by atoms with Crippen molar-refractivity contribution in [2.75, 3.05) is 32.8 Å². The van der Waals surface area contributed by atoms with Crippen molar-refractivity contribution in [3.63, 3.8) is 0 Å². The van der Waals surface area contributed by atoms with Crippen LogP contribution in [-0.2, 0) is 4.79 Å². The molecule has 20 heavy (non-hydrogen) atoms. The molecule has 0 aliphatic carbocycles. The van der Waals surface area contributed by atoms with Gasteiger partial charge in [-0.25, -0.2) is 9.59 Å². The van der Waals surface area contributed by atoms with E-state index in [1.807, 2.05) is 0 Å². The lowest BCUT2D eigenvalue weighted by Gasteiger charge is -2.32. The highest BCUT2D eigenvalue weighted by Gasteiger charge is 2.32. The average Bonchev–Trinajstić information content (AvgIpc) is 2.95. The first kappa shape index (κ1) is 15.1. The van der Waals surface area contributed by atoms with Gasteiger partial charge in [-0.05, 0) is 32.4 Å². The molecule has 0 aromatic rings. The largest absolute Gasteiger partial charge is 0.480 e. The Morgan fingerprint density at radius 2 is 1.90 bits per heavy atom. The number of hydrogen-bond acceptors (Lipinski definition) is 4. The van der Waals surface area contributed by atoms with E-state index in [2.05, 4.69) is 10.2 Å². The van der Waals surface area contributed by atoms with Crippen LogP contribution in [0, 0.1) is 0 Å². The molecule has 0 saturated carbocycles. The topological polar surface area (TPSA) is 93.1 Å². The summed E-state index contributed by atoms with van der Waals surface area (Å²) in [5, 5.41) is 20.1. The molecule has 0 spiro atoms. The van der Waals surface area contributed by atoms with E-state index in [-0.39, 0.29) is 0 Å². The first-order valence-corrected chi connectivity index (χ1v) is 7.25. The van der Waals surface area contributed by atoms with Gasteiger partial charge in [0.15, 0.2) is 6.04 Å². The van der Waals surface area contributed by atoms with E-state index >= 15 is 0 Å². The molecule has 0 aromatic carbocycles. The monoisotopic (exact) mass is 285 g/mol. The lowest BCUT2D eigenvalue weighted by Crippen LogP contribution is -2.50. The zero-order chi connectivity index (χ0) is 14.5. The van der Waals surface area contributed by atoms with Gasteiger partial charge in [-0.15, -0.1) is 0 Å². The molecule has 2 saturated heterocycles. The van der Waals surface area contributed by atoms with Gasteiger partial charge in [0, 0.05) is 19.1 Å². The zero-order valence-corrected chi connectivity index (χ0v) is 11.6. The van der Waals surface area contributed by atoms with Crippen LogP contribution < -0.4 is 5.32 Å². The summed E-state index contributed by atoms with van der Waals surface area (Å²) >= 11 is 0. The second-order valence-electron chi connectivity index (χ2n) is 5.51. The van der Waals surface area contributed by atoms with Gasteiger partial charge >= 0.3 is 12.0 Å². The van der Waals surface area contributed by atoms with Crippen LogP contribution in [0.5, 0.6) is 0 Å². The summed E-state index contributed by atoms with van der Waals surface area (Å²) in [6.07, 6.45) is 4.65. The summed E-state index contributed by atoms with van der Waals surface area (Å²) in [5.41, 5.74) is 0. The molecular weight excluding hydrogens is 262 g/mol. The Morgan fingerprint density at radius 1 is 1.20 bits per heavy atom. The van der Waals surface area contributed by atoms with Crippen molar-refractivity contribution in [3.8, 4) is 0 Å². The summed E-state index contributed by atoms with van der Waals surface area (Å²) in [6.45, 7) is 2.88. The van der Waals surface area contributed by atoms with Crippen LogP contribution in [0.1, 0.15) is 25.7 Å². The van der Waals surface area contributed by atoms with E-state index in [0.29, 0.717) is 19.1 Å². The Kier molecular flexibility index (Phi) is 5.19. The number of urea groups is 1. The summed E-state index contributed by atoms with van der Waals surface area (Å²) < 4.78 is 0. The Labute approximate surface area is 118 Å². The Bertz CT molecular complexity index is 358. The highest BCUT2D eigenvalue weighted by Crippen LogP contribution is 2.20. The minimum absolute atomic E-state index is 0.387. The molecule has 0 radical (unpaired) electrons. The van der Waals surface area contributed by atoms with Crippen LogP contribution in [-0.4, -0.2) is 76.9 Å². The lowest BCUT2D eigenvalue weighted by atomic mass is 10.1. The maximum atomic E-state index is 12.0. The van der Waals surface area contributed by atoms with E-state index in [1.54, 1.807) is 4.90 Å². The number of carbonyl (C=O) groups excluding carboxylic acids is 1. The number of piperidine rings is 1. The van der Waals surface area contributed by atoms with Crippen LogP contribution in [0.15, 0.2) is 0 Å². The van der Waals surface area contributed by atoms with E-state index in [0.717, 1.165) is 19.5 Å². The molecule has 2 heterocycles. The van der Waals surface area contributed by atoms with Crippen molar-refractivity contribution >= 4 is 12.0 Å². The minimum Gasteiger partial charge on any atom is -0.480 e. The number of hydrogen-bond donors (Lipinski definition) is 3. The molecule has 0 aromatic heterocycles. The smallest absolute Gasteiger partial charge is 0.328 e. The zero-order valence-electron chi connectivity index (χ0n) is 11.6. The van der Waals surface area contributed by atoms with Gasteiger partial charge in [-0.1, -0.05) is 6.42 Å². The van der Waals surface area contributed by atoms with Crippen molar-refractivity contribution < 1.29 is 19.8 Å². The number of amides is 2. The molecular formula is C13H23N3O4. The van der Waals surface area contributed by atoms with Crippen molar-refractivity contribution in [2.45, 2.75) is 37.8 Å². The number of nitrogens with zero attached hydrogens (tertiary/aromatic N) is 2. The fraction of sp³-hybridized carbons (Fsp3) is 0.846. The van der Waals surface area contributed by atoms with Gasteiger partial charge in [-0.3, -0.25) is 4.90 Å². The number of carbonyl (C=O) groups is 2. The average molecular weight is 285 g/mol. The number of aliphatic hydroxyl groups excluding tert-OH is 1. The van der Waals surface area contributed by atoms with Crippen molar-refractivity contribution in [1.82, 2.24) is 15.1 Å². The predicted molar refractivity (Wildman–Crippen MR) is 72.4 cm³/mol. The molecule has 1 unspecified atom stereocenters. The number of carboxylic acid groups (broad SMARTS) is 1. The normalized spacial score (nSPS) is 25.4. The molecule has 2 fully saturated rings. The standard InChI is InChI=1S/C13H23N3O4/c17-9-11(12(18)19)14-13(20)16-7-4-10(8-16)15-5-2-1-3-6-15/h10-11,17H,1-9H2,(H,14,20)(H,18,19)/t10?,11-/m1/s1. The Balaban J connectivity index is 1.82. The van der Waals surface area contributed by atoms with E-state index in [1.165, 1.54) is 19.3 Å². The number of nitrogens with one attached hydrogen (secondary N) is 1. The fourth-order valence-corrected chi connectivity index (χ4v) is 2.93. The SMILES string of the molecule is O=C(O)[C@@H](CO)NC(=O)N1CCC(N2CCCCC2)C1. The first-order valence-electron chi connectivity index (χ1n) is 7.25. The van der Waals surface area contributed by atoms with Gasteiger partial charge in [-0.2, -0.15) is 0 Å². The number of rotatable bonds is 4. The van der Waals surface area contributed by atoms with Gasteiger partial charge < -0.3 is 20.4 Å². The van der Waals surface area contributed by atoms with Crippen LogP contribution in [0.2, 0.25) is 0 Å². The third kappa shape index (κ3) is 3.61. The molecule has 2 aliphatic heterocycles. The van der Waals surface area contributed by atoms with Crippen molar-refractivity contribution in [3.05, 3.63) is 0 Å². The molecule has 114 valence electrons. The predicted octanol–water partition coefficient (Wildman–Crippen LogP) is -0.298. The Hall–Kier alpha value is -1.34. The van der Waals surface area contributed by atoms with Crippen LogP contribution in [0.4, 0.5) is 4.79 Å². The van der Waals surface area contributed by atoms with E-state index < -0.39 is 24.6 Å². The second-order valence-corrected chi connectivity index (χ2v) is 5.51. The molecule has 3 N–H and O–H groups in total. The highest BCUT2D eigenvalue weighted by molar-refractivity contribution is 5.82. The third-order valence-electron chi connectivity index (χ3n) is 4.14. The van der Waals surface area contributed by atoms with E-state index in [9.17, 15) is 9.59 Å². The maximum absolute atomic E-state index is 12.0. The molecule has 2 atom stereocenters. The molecule has 7 nitrogen and oxygen atoms in total. The summed E-state index contributed by atoms with van der Waals surface area (Å²) in [6, 6.07) is -1.24. The van der Waals surface area contributed by atoms with Crippen LogP contribution in [0.3, 0.4) is 0 Å². The minimum atomic E-state index is -1.23. The maximum Gasteiger partial charge on any atom is 0.328 e. The second kappa shape index (κ2) is 6.90. The van der Waals surface area contributed by atoms with Gasteiger partial charge in [0.25, 0.3) is 0 Å². The number of aliphatic carboxylic acids is 1. The molecule has 0 bridgehead atoms. The summed E-state index contributed by atoms with van der Waals surface area (Å²) in [4.78, 5) is 26.8. The number of aliphatic hydroxyl groups is 1. The van der Waals surface area contributed by atoms with Gasteiger partial charge in [0.2, 0.25) is 0 Å².